The Hall–Kier alpha value is -2.14. The molecular formula is C12H7ClFNO3. The molecule has 1 aromatic heterocycles. The van der Waals surface area contributed by atoms with Gasteiger partial charge in [-0.05, 0) is 18.2 Å². The molecule has 92 valence electrons. The molecule has 0 aliphatic carbocycles. The molecule has 0 saturated carbocycles. The summed E-state index contributed by atoms with van der Waals surface area (Å²) in [7, 11) is 0. The molecule has 0 amide bonds. The molecule has 2 rings (SSSR count). The van der Waals surface area contributed by atoms with Gasteiger partial charge < -0.3 is 9.84 Å². The van der Waals surface area contributed by atoms with E-state index < -0.39 is 11.8 Å². The molecule has 0 aliphatic heterocycles. The van der Waals surface area contributed by atoms with E-state index >= 15 is 0 Å². The monoisotopic (exact) mass is 267 g/mol. The molecule has 0 atom stereocenters. The maximum Gasteiger partial charge on any atom is 0.337 e. The number of rotatable bonds is 3. The van der Waals surface area contributed by atoms with Crippen LogP contribution >= 0.6 is 11.6 Å². The maximum absolute atomic E-state index is 12.9. The molecule has 0 fully saturated rings. The molecule has 0 saturated heterocycles. The first kappa shape index (κ1) is 12.3. The quantitative estimate of drug-likeness (QED) is 0.926. The van der Waals surface area contributed by atoms with Crippen LogP contribution in [0.25, 0.3) is 0 Å². The Morgan fingerprint density at radius 2 is 2.11 bits per heavy atom. The topological polar surface area (TPSA) is 59.4 Å². The van der Waals surface area contributed by atoms with Gasteiger partial charge in [-0.2, -0.15) is 0 Å². The lowest BCUT2D eigenvalue weighted by molar-refractivity contribution is 0.0696. The van der Waals surface area contributed by atoms with E-state index in [1.165, 1.54) is 36.5 Å². The van der Waals surface area contributed by atoms with Gasteiger partial charge in [0.25, 0.3) is 0 Å². The molecule has 1 heterocycles. The summed E-state index contributed by atoms with van der Waals surface area (Å²) in [5.74, 6) is -1.10. The zero-order valence-electron chi connectivity index (χ0n) is 8.93. The minimum absolute atomic E-state index is 0.0551. The summed E-state index contributed by atoms with van der Waals surface area (Å²) in [5.41, 5.74) is 0.0551. The molecule has 0 radical (unpaired) electrons. The van der Waals surface area contributed by atoms with Gasteiger partial charge in [0.2, 0.25) is 5.88 Å². The molecule has 1 N–H and O–H groups in total. The fourth-order valence-corrected chi connectivity index (χ4v) is 1.40. The van der Waals surface area contributed by atoms with Crippen LogP contribution in [0.5, 0.6) is 11.6 Å². The predicted molar refractivity (Wildman–Crippen MR) is 62.7 cm³/mol. The number of aromatic nitrogens is 1. The zero-order valence-corrected chi connectivity index (χ0v) is 9.69. The van der Waals surface area contributed by atoms with Gasteiger partial charge in [0.1, 0.15) is 11.6 Å². The van der Waals surface area contributed by atoms with Crippen LogP contribution in [0.1, 0.15) is 10.4 Å². The SMILES string of the molecule is O=C(O)c1ccc(Oc2ccc(F)c(Cl)c2)nc1. The number of benzene rings is 1. The van der Waals surface area contributed by atoms with Crippen LogP contribution in [0, 0.1) is 5.82 Å². The Labute approximate surface area is 107 Å². The molecule has 2 aromatic rings. The van der Waals surface area contributed by atoms with Gasteiger partial charge in [-0.1, -0.05) is 11.6 Å². The van der Waals surface area contributed by atoms with Crippen molar-refractivity contribution in [3.05, 3.63) is 52.9 Å². The molecule has 0 bridgehead atoms. The highest BCUT2D eigenvalue weighted by molar-refractivity contribution is 6.30. The Kier molecular flexibility index (Phi) is 3.43. The molecule has 0 unspecified atom stereocenters. The van der Waals surface area contributed by atoms with E-state index in [0.29, 0.717) is 5.75 Å². The average molecular weight is 268 g/mol. The highest BCUT2D eigenvalue weighted by Gasteiger charge is 2.06. The largest absolute Gasteiger partial charge is 0.478 e. The molecule has 4 nitrogen and oxygen atoms in total. The Balaban J connectivity index is 2.18. The van der Waals surface area contributed by atoms with E-state index in [4.69, 9.17) is 21.4 Å². The van der Waals surface area contributed by atoms with Crippen LogP contribution in [-0.2, 0) is 0 Å². The van der Waals surface area contributed by atoms with Crippen molar-refractivity contribution in [3.63, 3.8) is 0 Å². The van der Waals surface area contributed by atoms with Crippen LogP contribution in [-0.4, -0.2) is 16.1 Å². The van der Waals surface area contributed by atoms with Gasteiger partial charge in [-0.15, -0.1) is 0 Å². The average Bonchev–Trinajstić information content (AvgIpc) is 2.34. The van der Waals surface area contributed by atoms with E-state index in [1.807, 2.05) is 0 Å². The summed E-state index contributed by atoms with van der Waals surface area (Å²) >= 11 is 5.59. The van der Waals surface area contributed by atoms with Crippen molar-refractivity contribution in [1.29, 1.82) is 0 Å². The summed E-state index contributed by atoms with van der Waals surface area (Å²) in [6.07, 6.45) is 1.17. The van der Waals surface area contributed by atoms with Crippen molar-refractivity contribution in [2.75, 3.05) is 0 Å². The number of hydrogen-bond donors (Lipinski definition) is 1. The second-order valence-electron chi connectivity index (χ2n) is 3.37. The number of nitrogens with zero attached hydrogens (tertiary/aromatic N) is 1. The molecule has 6 heteroatoms. The lowest BCUT2D eigenvalue weighted by atomic mass is 10.3. The smallest absolute Gasteiger partial charge is 0.337 e. The van der Waals surface area contributed by atoms with Gasteiger partial charge in [-0.25, -0.2) is 14.2 Å². The van der Waals surface area contributed by atoms with Gasteiger partial charge in [0.15, 0.2) is 0 Å². The van der Waals surface area contributed by atoms with Gasteiger partial charge in [0.05, 0.1) is 10.6 Å². The van der Waals surface area contributed by atoms with E-state index in [9.17, 15) is 9.18 Å². The lowest BCUT2D eigenvalue weighted by Gasteiger charge is -2.05. The predicted octanol–water partition coefficient (Wildman–Crippen LogP) is 3.36. The Morgan fingerprint density at radius 3 is 2.67 bits per heavy atom. The van der Waals surface area contributed by atoms with Crippen LogP contribution in [0.15, 0.2) is 36.5 Å². The molecule has 1 aromatic carbocycles. The minimum atomic E-state index is -1.07. The third-order valence-corrected chi connectivity index (χ3v) is 2.39. The first-order valence-corrected chi connectivity index (χ1v) is 5.26. The van der Waals surface area contributed by atoms with Crippen molar-refractivity contribution in [3.8, 4) is 11.6 Å². The van der Waals surface area contributed by atoms with Gasteiger partial charge >= 0.3 is 5.97 Å². The summed E-state index contributed by atoms with van der Waals surface area (Å²) in [6, 6.07) is 6.64. The van der Waals surface area contributed by atoms with Crippen LogP contribution < -0.4 is 4.74 Å². The number of aromatic carboxylic acids is 1. The molecule has 0 aliphatic rings. The normalized spacial score (nSPS) is 10.1. The minimum Gasteiger partial charge on any atom is -0.478 e. The summed E-state index contributed by atoms with van der Waals surface area (Å²) < 4.78 is 18.2. The van der Waals surface area contributed by atoms with Crippen molar-refractivity contribution < 1.29 is 19.0 Å². The molecular weight excluding hydrogens is 261 g/mol. The highest BCUT2D eigenvalue weighted by Crippen LogP contribution is 2.24. The molecule has 0 spiro atoms. The second kappa shape index (κ2) is 5.01. The summed E-state index contributed by atoms with van der Waals surface area (Å²) in [4.78, 5) is 14.4. The summed E-state index contributed by atoms with van der Waals surface area (Å²) in [5, 5.41) is 8.63. The number of ether oxygens (including phenoxy) is 1. The molecule has 18 heavy (non-hydrogen) atoms. The van der Waals surface area contributed by atoms with E-state index in [1.54, 1.807) is 0 Å². The van der Waals surface area contributed by atoms with Crippen molar-refractivity contribution >= 4 is 17.6 Å². The van der Waals surface area contributed by atoms with Crippen molar-refractivity contribution in [2.24, 2.45) is 0 Å². The summed E-state index contributed by atoms with van der Waals surface area (Å²) in [6.45, 7) is 0. The number of pyridine rings is 1. The number of hydrogen-bond acceptors (Lipinski definition) is 3. The highest BCUT2D eigenvalue weighted by atomic mass is 35.5. The van der Waals surface area contributed by atoms with Crippen LogP contribution in [0.4, 0.5) is 4.39 Å². The number of carbonyl (C=O) groups is 1. The third-order valence-electron chi connectivity index (χ3n) is 2.10. The standard InChI is InChI=1S/C12H7ClFNO3/c13-9-5-8(2-3-10(9)14)18-11-4-1-7(6-15-11)12(16)17/h1-6H,(H,16,17). The van der Waals surface area contributed by atoms with Crippen molar-refractivity contribution in [2.45, 2.75) is 0 Å². The van der Waals surface area contributed by atoms with E-state index in [-0.39, 0.29) is 16.5 Å². The van der Waals surface area contributed by atoms with Gasteiger partial charge in [0, 0.05) is 18.3 Å². The zero-order chi connectivity index (χ0) is 13.1. The van der Waals surface area contributed by atoms with Crippen LogP contribution in [0.3, 0.4) is 0 Å². The maximum atomic E-state index is 12.9. The van der Waals surface area contributed by atoms with E-state index in [2.05, 4.69) is 4.98 Å². The third kappa shape index (κ3) is 2.75. The van der Waals surface area contributed by atoms with Crippen LogP contribution in [0.2, 0.25) is 5.02 Å². The van der Waals surface area contributed by atoms with Gasteiger partial charge in [-0.3, -0.25) is 0 Å². The second-order valence-corrected chi connectivity index (χ2v) is 3.78. The van der Waals surface area contributed by atoms with E-state index in [0.717, 1.165) is 0 Å². The number of halogens is 2. The first-order chi connectivity index (χ1) is 8.56. The Bertz CT molecular complexity index is 586. The fourth-order valence-electron chi connectivity index (χ4n) is 1.23. The van der Waals surface area contributed by atoms with Crippen molar-refractivity contribution in [1.82, 2.24) is 4.98 Å². The fraction of sp³-hybridized carbons (Fsp3) is 0. The lowest BCUT2D eigenvalue weighted by Crippen LogP contribution is -1.97. The number of carboxylic acids is 1. The Morgan fingerprint density at radius 1 is 1.33 bits per heavy atom. The number of carboxylic acid groups (broad SMARTS) is 1. The first-order valence-electron chi connectivity index (χ1n) is 4.88.